The number of amides is 1. The van der Waals surface area contributed by atoms with Crippen molar-refractivity contribution in [3.63, 3.8) is 0 Å². The maximum Gasteiger partial charge on any atom is 0.239 e. The van der Waals surface area contributed by atoms with E-state index in [1.807, 2.05) is 18.2 Å². The smallest absolute Gasteiger partial charge is 0.239 e. The van der Waals surface area contributed by atoms with Crippen molar-refractivity contribution < 1.29 is 9.72 Å². The lowest BCUT2D eigenvalue weighted by molar-refractivity contribution is -0.528. The molecule has 1 saturated heterocycles. The summed E-state index contributed by atoms with van der Waals surface area (Å²) < 4.78 is 0. The Morgan fingerprint density at radius 3 is 2.60 bits per heavy atom. The average molecular weight is 344 g/mol. The highest BCUT2D eigenvalue weighted by Gasteiger charge is 2.49. The minimum atomic E-state index is -0.537. The molecule has 4 atom stereocenters. The maximum atomic E-state index is 13.0. The molecule has 3 fully saturated rings. The molecule has 134 valence electrons. The molecule has 0 aromatic heterocycles. The van der Waals surface area contributed by atoms with Crippen LogP contribution in [-0.4, -0.2) is 29.0 Å². The molecule has 7 nitrogen and oxygen atoms in total. The number of hydrazine groups is 1. The molecule has 1 aromatic rings. The number of benzene rings is 1. The molecule has 4 rings (SSSR count). The molecule has 25 heavy (non-hydrogen) atoms. The predicted molar refractivity (Wildman–Crippen MR) is 92.1 cm³/mol. The van der Waals surface area contributed by atoms with Gasteiger partial charge in [-0.3, -0.25) is 20.3 Å². The highest BCUT2D eigenvalue weighted by molar-refractivity contribution is 5.83. The van der Waals surface area contributed by atoms with Crippen molar-refractivity contribution in [1.29, 1.82) is 0 Å². The summed E-state index contributed by atoms with van der Waals surface area (Å²) in [4.78, 5) is 23.9. The quantitative estimate of drug-likeness (QED) is 0.568. The predicted octanol–water partition coefficient (Wildman–Crippen LogP) is 1.47. The maximum absolute atomic E-state index is 13.0. The van der Waals surface area contributed by atoms with Gasteiger partial charge in [-0.1, -0.05) is 30.3 Å². The van der Waals surface area contributed by atoms with Crippen LogP contribution >= 0.6 is 0 Å². The zero-order chi connectivity index (χ0) is 17.4. The fourth-order valence-corrected chi connectivity index (χ4v) is 4.57. The van der Waals surface area contributed by atoms with Gasteiger partial charge in [-0.15, -0.1) is 0 Å². The minimum Gasteiger partial charge on any atom is -0.345 e. The van der Waals surface area contributed by atoms with Crippen LogP contribution in [0.4, 0.5) is 0 Å². The summed E-state index contributed by atoms with van der Waals surface area (Å²) in [6.45, 7) is 0. The van der Waals surface area contributed by atoms with E-state index < -0.39 is 12.1 Å². The number of nitrogens with one attached hydrogen (secondary N) is 3. The van der Waals surface area contributed by atoms with Gasteiger partial charge in [0, 0.05) is 29.7 Å². The number of rotatable bonds is 4. The third-order valence-electron chi connectivity index (χ3n) is 6.20. The van der Waals surface area contributed by atoms with E-state index in [9.17, 15) is 14.9 Å². The van der Waals surface area contributed by atoms with Gasteiger partial charge in [-0.25, -0.2) is 5.43 Å². The SMILES string of the molecule is O=C(NC1(c2ccccc2)CCC1)C1NNC2CCC([N+](=O)[O-])CC21. The standard InChI is InChI=1S/C18H24N4O3/c23-17(19-18(9-4-10-18)12-5-2-1-3-6-12)16-14-11-13(22(24)25)7-8-15(14)20-21-16/h1-3,5-6,13-16,20-21H,4,7-11H2,(H,19,23). The number of nitro groups is 1. The van der Waals surface area contributed by atoms with Crippen molar-refractivity contribution in [3.05, 3.63) is 46.0 Å². The topological polar surface area (TPSA) is 96.3 Å². The van der Waals surface area contributed by atoms with Crippen LogP contribution in [0.1, 0.15) is 44.1 Å². The first-order valence-corrected chi connectivity index (χ1v) is 9.11. The lowest BCUT2D eigenvalue weighted by atomic mass is 9.71. The molecular formula is C18H24N4O3. The Balaban J connectivity index is 1.48. The average Bonchev–Trinajstić information content (AvgIpc) is 3.02. The summed E-state index contributed by atoms with van der Waals surface area (Å²) in [7, 11) is 0. The van der Waals surface area contributed by atoms with Gasteiger partial charge in [-0.2, -0.15) is 0 Å². The van der Waals surface area contributed by atoms with Crippen LogP contribution in [0.2, 0.25) is 0 Å². The van der Waals surface area contributed by atoms with Gasteiger partial charge in [0.15, 0.2) is 0 Å². The zero-order valence-corrected chi connectivity index (χ0v) is 14.1. The van der Waals surface area contributed by atoms with Crippen LogP contribution in [0, 0.1) is 16.0 Å². The van der Waals surface area contributed by atoms with E-state index in [0.717, 1.165) is 31.2 Å². The molecular weight excluding hydrogens is 320 g/mol. The van der Waals surface area contributed by atoms with Crippen LogP contribution in [0.5, 0.6) is 0 Å². The summed E-state index contributed by atoms with van der Waals surface area (Å²) in [5.74, 6) is -0.0791. The van der Waals surface area contributed by atoms with E-state index in [1.54, 1.807) is 0 Å². The van der Waals surface area contributed by atoms with Gasteiger partial charge in [0.25, 0.3) is 0 Å². The Bertz CT molecular complexity index is 662. The van der Waals surface area contributed by atoms with E-state index in [1.165, 1.54) is 0 Å². The zero-order valence-electron chi connectivity index (χ0n) is 14.1. The molecule has 7 heteroatoms. The Morgan fingerprint density at radius 2 is 1.96 bits per heavy atom. The van der Waals surface area contributed by atoms with Gasteiger partial charge in [0.1, 0.15) is 6.04 Å². The second-order valence-corrected chi connectivity index (χ2v) is 7.58. The lowest BCUT2D eigenvalue weighted by Gasteiger charge is -2.44. The van der Waals surface area contributed by atoms with Gasteiger partial charge >= 0.3 is 0 Å². The molecule has 0 radical (unpaired) electrons. The summed E-state index contributed by atoms with van der Waals surface area (Å²) >= 11 is 0. The monoisotopic (exact) mass is 344 g/mol. The molecule has 3 aliphatic rings. The number of hydrogen-bond acceptors (Lipinski definition) is 5. The largest absolute Gasteiger partial charge is 0.345 e. The third-order valence-corrected chi connectivity index (χ3v) is 6.20. The van der Waals surface area contributed by atoms with E-state index in [4.69, 9.17) is 0 Å². The highest BCUT2D eigenvalue weighted by Crippen LogP contribution is 2.41. The van der Waals surface area contributed by atoms with Crippen LogP contribution in [0.3, 0.4) is 0 Å². The summed E-state index contributed by atoms with van der Waals surface area (Å²) in [6.07, 6.45) is 4.74. The van der Waals surface area contributed by atoms with Crippen molar-refractivity contribution >= 4 is 5.91 Å². The molecule has 0 spiro atoms. The first-order chi connectivity index (χ1) is 12.1. The lowest BCUT2D eigenvalue weighted by Crippen LogP contribution is -2.57. The minimum absolute atomic E-state index is 0.0305. The van der Waals surface area contributed by atoms with Gasteiger partial charge in [0.05, 0.1) is 5.54 Å². The number of hydrogen-bond donors (Lipinski definition) is 3. The van der Waals surface area contributed by atoms with Crippen molar-refractivity contribution in [3.8, 4) is 0 Å². The molecule has 1 heterocycles. The third kappa shape index (κ3) is 2.91. The van der Waals surface area contributed by atoms with Gasteiger partial charge in [-0.05, 0) is 31.2 Å². The Kier molecular flexibility index (Phi) is 4.21. The molecule has 4 unspecified atom stereocenters. The van der Waals surface area contributed by atoms with E-state index >= 15 is 0 Å². The van der Waals surface area contributed by atoms with Crippen LogP contribution in [0.15, 0.2) is 30.3 Å². The molecule has 1 aromatic carbocycles. The Hall–Kier alpha value is -1.99. The van der Waals surface area contributed by atoms with Crippen LogP contribution in [0.25, 0.3) is 0 Å². The number of carbonyl (C=O) groups excluding carboxylic acids is 1. The van der Waals surface area contributed by atoms with Crippen LogP contribution in [-0.2, 0) is 10.3 Å². The van der Waals surface area contributed by atoms with E-state index in [0.29, 0.717) is 12.8 Å². The Labute approximate surface area is 146 Å². The molecule has 0 bridgehead atoms. The van der Waals surface area contributed by atoms with Crippen molar-refractivity contribution in [2.75, 3.05) is 0 Å². The summed E-state index contributed by atoms with van der Waals surface area (Å²) in [5.41, 5.74) is 7.13. The molecule has 3 N–H and O–H groups in total. The van der Waals surface area contributed by atoms with E-state index in [2.05, 4.69) is 28.3 Å². The van der Waals surface area contributed by atoms with Gasteiger partial charge in [0.2, 0.25) is 11.9 Å². The summed E-state index contributed by atoms with van der Waals surface area (Å²) in [6, 6.07) is 9.29. The highest BCUT2D eigenvalue weighted by atomic mass is 16.6. The molecule has 2 saturated carbocycles. The first kappa shape index (κ1) is 16.5. The number of nitrogens with zero attached hydrogens (tertiary/aromatic N) is 1. The normalized spacial score (nSPS) is 33.1. The van der Waals surface area contributed by atoms with Gasteiger partial charge < -0.3 is 5.32 Å². The molecule has 1 aliphatic heterocycles. The molecule has 2 aliphatic carbocycles. The van der Waals surface area contributed by atoms with Crippen molar-refractivity contribution in [2.45, 2.75) is 62.2 Å². The van der Waals surface area contributed by atoms with E-state index in [-0.39, 0.29) is 28.3 Å². The summed E-state index contributed by atoms with van der Waals surface area (Å²) in [5, 5.41) is 14.4. The fourth-order valence-electron chi connectivity index (χ4n) is 4.57. The second-order valence-electron chi connectivity index (χ2n) is 7.58. The fraction of sp³-hybridized carbons (Fsp3) is 0.611. The number of fused-ring (bicyclic) bond motifs is 1. The second kappa shape index (κ2) is 6.38. The van der Waals surface area contributed by atoms with Crippen molar-refractivity contribution in [1.82, 2.24) is 16.2 Å². The number of carbonyl (C=O) groups is 1. The van der Waals surface area contributed by atoms with Crippen LogP contribution < -0.4 is 16.2 Å². The Morgan fingerprint density at radius 1 is 1.20 bits per heavy atom. The van der Waals surface area contributed by atoms with Crippen molar-refractivity contribution in [2.24, 2.45) is 5.92 Å². The first-order valence-electron chi connectivity index (χ1n) is 9.11. The molecule has 1 amide bonds.